The molecule has 1 saturated heterocycles. The van der Waals surface area contributed by atoms with E-state index in [-0.39, 0.29) is 5.97 Å². The maximum absolute atomic E-state index is 11.7. The highest BCUT2D eigenvalue weighted by Gasteiger charge is 2.38. The summed E-state index contributed by atoms with van der Waals surface area (Å²) in [5, 5.41) is 0.687. The Morgan fingerprint density at radius 3 is 2.60 bits per heavy atom. The first-order valence-electron chi connectivity index (χ1n) is 5.06. The summed E-state index contributed by atoms with van der Waals surface area (Å²) in [6, 6.07) is 7.41. The number of ether oxygens (including phenoxy) is 1. The Morgan fingerprint density at radius 2 is 2.00 bits per heavy atom. The molecule has 0 spiro atoms. The van der Waals surface area contributed by atoms with E-state index in [9.17, 15) is 4.79 Å². The first-order valence-corrected chi connectivity index (χ1v) is 5.44. The van der Waals surface area contributed by atoms with Gasteiger partial charge in [-0.25, -0.2) is 0 Å². The van der Waals surface area contributed by atoms with Gasteiger partial charge < -0.3 is 4.74 Å². The van der Waals surface area contributed by atoms with Crippen LogP contribution in [0.4, 0.5) is 0 Å². The van der Waals surface area contributed by atoms with Crippen LogP contribution in [0.3, 0.4) is 0 Å². The Bertz CT molecular complexity index is 372. The predicted octanol–water partition coefficient (Wildman–Crippen LogP) is 2.93. The molecule has 0 saturated carbocycles. The lowest BCUT2D eigenvalue weighted by molar-refractivity contribution is -0.154. The molecule has 0 bridgehead atoms. The maximum Gasteiger partial charge on any atom is 0.316 e. The Hall–Kier alpha value is -1.02. The topological polar surface area (TPSA) is 26.3 Å². The summed E-state index contributed by atoms with van der Waals surface area (Å²) < 4.78 is 5.11. The molecule has 80 valence electrons. The van der Waals surface area contributed by atoms with Crippen LogP contribution in [0.15, 0.2) is 24.3 Å². The van der Waals surface area contributed by atoms with E-state index in [1.807, 2.05) is 31.2 Å². The van der Waals surface area contributed by atoms with Crippen molar-refractivity contribution in [2.24, 2.45) is 0 Å². The first-order chi connectivity index (χ1) is 7.13. The van der Waals surface area contributed by atoms with E-state index in [1.54, 1.807) is 0 Å². The van der Waals surface area contributed by atoms with Crippen molar-refractivity contribution in [1.29, 1.82) is 0 Å². The van der Waals surface area contributed by atoms with Gasteiger partial charge >= 0.3 is 5.97 Å². The van der Waals surface area contributed by atoms with E-state index in [0.717, 1.165) is 18.4 Å². The zero-order valence-corrected chi connectivity index (χ0v) is 9.38. The minimum atomic E-state index is -0.497. The third kappa shape index (κ3) is 1.86. The Kier molecular flexibility index (Phi) is 2.70. The van der Waals surface area contributed by atoms with Crippen molar-refractivity contribution in [2.45, 2.75) is 25.2 Å². The molecule has 1 aromatic carbocycles. The van der Waals surface area contributed by atoms with E-state index in [4.69, 9.17) is 16.3 Å². The number of halogens is 1. The second kappa shape index (κ2) is 3.86. The van der Waals surface area contributed by atoms with Crippen molar-refractivity contribution in [3.05, 3.63) is 34.9 Å². The first kappa shape index (κ1) is 10.5. The molecule has 0 radical (unpaired) electrons. The third-order valence-electron chi connectivity index (χ3n) is 2.99. The minimum absolute atomic E-state index is 0.129. The molecule has 3 heteroatoms. The van der Waals surface area contributed by atoms with Gasteiger partial charge in [0.1, 0.15) is 0 Å². The van der Waals surface area contributed by atoms with Gasteiger partial charge in [0.05, 0.1) is 12.0 Å². The summed E-state index contributed by atoms with van der Waals surface area (Å²) in [5.41, 5.74) is 0.486. The van der Waals surface area contributed by atoms with Gasteiger partial charge in [-0.3, -0.25) is 4.79 Å². The fourth-order valence-electron chi connectivity index (χ4n) is 1.93. The Morgan fingerprint density at radius 1 is 1.33 bits per heavy atom. The molecule has 0 aliphatic carbocycles. The molecule has 1 atom stereocenters. The number of esters is 1. The molecule has 0 amide bonds. The van der Waals surface area contributed by atoms with Crippen molar-refractivity contribution in [1.82, 2.24) is 0 Å². The van der Waals surface area contributed by atoms with Crippen molar-refractivity contribution in [3.8, 4) is 0 Å². The fourth-order valence-corrected chi connectivity index (χ4v) is 2.06. The molecule has 1 heterocycles. The number of rotatable bonds is 1. The zero-order chi connectivity index (χ0) is 10.9. The summed E-state index contributed by atoms with van der Waals surface area (Å²) in [6.45, 7) is 2.47. The molecule has 0 aromatic heterocycles. The summed E-state index contributed by atoms with van der Waals surface area (Å²) in [4.78, 5) is 11.7. The van der Waals surface area contributed by atoms with Crippen LogP contribution in [0, 0.1) is 0 Å². The number of hydrogen-bond donors (Lipinski definition) is 0. The van der Waals surface area contributed by atoms with Crippen LogP contribution in [0.2, 0.25) is 5.02 Å². The molecule has 2 rings (SSSR count). The summed E-state index contributed by atoms with van der Waals surface area (Å²) >= 11 is 5.82. The van der Waals surface area contributed by atoms with Gasteiger partial charge in [0, 0.05) is 5.02 Å². The smallest absolute Gasteiger partial charge is 0.316 e. The highest BCUT2D eigenvalue weighted by molar-refractivity contribution is 6.30. The fraction of sp³-hybridized carbons (Fsp3) is 0.417. The lowest BCUT2D eigenvalue weighted by Crippen LogP contribution is -2.38. The molecule has 0 N–H and O–H groups in total. The summed E-state index contributed by atoms with van der Waals surface area (Å²) in [7, 11) is 0. The second-order valence-corrected chi connectivity index (χ2v) is 4.51. The van der Waals surface area contributed by atoms with E-state index in [2.05, 4.69) is 0 Å². The van der Waals surface area contributed by atoms with Crippen LogP contribution in [0.1, 0.15) is 25.3 Å². The molecule has 2 nitrogen and oxygen atoms in total. The molecule has 1 aliphatic heterocycles. The SMILES string of the molecule is CC1(c2ccc(Cl)cc2)CCCOC1=O. The quantitative estimate of drug-likeness (QED) is 0.686. The second-order valence-electron chi connectivity index (χ2n) is 4.08. The van der Waals surface area contributed by atoms with E-state index in [1.165, 1.54) is 0 Å². The molecule has 1 aliphatic rings. The van der Waals surface area contributed by atoms with Gasteiger partial charge in [-0.1, -0.05) is 23.7 Å². The lowest BCUT2D eigenvalue weighted by Gasteiger charge is -2.31. The van der Waals surface area contributed by atoms with Crippen LogP contribution < -0.4 is 0 Å². The van der Waals surface area contributed by atoms with Crippen molar-refractivity contribution >= 4 is 17.6 Å². The number of benzene rings is 1. The summed E-state index contributed by atoms with van der Waals surface area (Å²) in [6.07, 6.45) is 1.76. The van der Waals surface area contributed by atoms with Crippen LogP contribution in [-0.2, 0) is 14.9 Å². The normalized spacial score (nSPS) is 26.1. The number of cyclic esters (lactones) is 1. The highest BCUT2D eigenvalue weighted by atomic mass is 35.5. The van der Waals surface area contributed by atoms with Gasteiger partial charge in [-0.15, -0.1) is 0 Å². The number of carbonyl (C=O) groups is 1. The van der Waals surface area contributed by atoms with Gasteiger partial charge in [-0.05, 0) is 37.5 Å². The summed E-state index contributed by atoms with van der Waals surface area (Å²) in [5.74, 6) is -0.129. The molecule has 1 unspecified atom stereocenters. The van der Waals surface area contributed by atoms with Gasteiger partial charge in [0.2, 0.25) is 0 Å². The number of carbonyl (C=O) groups excluding carboxylic acids is 1. The third-order valence-corrected chi connectivity index (χ3v) is 3.24. The average molecular weight is 225 g/mol. The average Bonchev–Trinajstić information content (AvgIpc) is 2.23. The molecule has 1 aromatic rings. The van der Waals surface area contributed by atoms with E-state index >= 15 is 0 Å². The highest BCUT2D eigenvalue weighted by Crippen LogP contribution is 2.34. The van der Waals surface area contributed by atoms with E-state index in [0.29, 0.717) is 11.6 Å². The van der Waals surface area contributed by atoms with Crippen molar-refractivity contribution in [2.75, 3.05) is 6.61 Å². The monoisotopic (exact) mass is 224 g/mol. The molecule has 1 fully saturated rings. The van der Waals surface area contributed by atoms with Crippen molar-refractivity contribution in [3.63, 3.8) is 0 Å². The van der Waals surface area contributed by atoms with Gasteiger partial charge in [-0.2, -0.15) is 0 Å². The standard InChI is InChI=1S/C12H13ClO2/c1-12(7-2-8-15-11(12)14)9-3-5-10(13)6-4-9/h3-6H,2,7-8H2,1H3. The van der Waals surface area contributed by atoms with Crippen molar-refractivity contribution < 1.29 is 9.53 Å². The van der Waals surface area contributed by atoms with Crippen LogP contribution in [0.5, 0.6) is 0 Å². The zero-order valence-electron chi connectivity index (χ0n) is 8.63. The molecular formula is C12H13ClO2. The Balaban J connectivity index is 2.35. The Labute approximate surface area is 94.2 Å². The van der Waals surface area contributed by atoms with Gasteiger partial charge in [0.25, 0.3) is 0 Å². The maximum atomic E-state index is 11.7. The number of hydrogen-bond acceptors (Lipinski definition) is 2. The lowest BCUT2D eigenvalue weighted by atomic mass is 9.77. The largest absolute Gasteiger partial charge is 0.465 e. The van der Waals surface area contributed by atoms with Gasteiger partial charge in [0.15, 0.2) is 0 Å². The molecular weight excluding hydrogens is 212 g/mol. The van der Waals surface area contributed by atoms with Crippen LogP contribution >= 0.6 is 11.6 Å². The predicted molar refractivity (Wildman–Crippen MR) is 59.0 cm³/mol. The minimum Gasteiger partial charge on any atom is -0.465 e. The van der Waals surface area contributed by atoms with E-state index < -0.39 is 5.41 Å². The molecule has 15 heavy (non-hydrogen) atoms. The van der Waals surface area contributed by atoms with Crippen LogP contribution in [0.25, 0.3) is 0 Å². The van der Waals surface area contributed by atoms with Crippen LogP contribution in [-0.4, -0.2) is 12.6 Å².